The maximum atomic E-state index is 14.3. The van der Waals surface area contributed by atoms with Crippen molar-refractivity contribution in [3.8, 4) is 0 Å². The summed E-state index contributed by atoms with van der Waals surface area (Å²) >= 11 is 3.61. The average Bonchev–Trinajstić information content (AvgIpc) is 2.85. The Balaban J connectivity index is 1.96. The SMILES string of the molecule is CC1(C(Br)c2cc3c(cc2F)NC(=O)CC3)CCCO1. The largest absolute Gasteiger partial charge is 0.374 e. The van der Waals surface area contributed by atoms with Crippen LogP contribution in [-0.4, -0.2) is 18.1 Å². The van der Waals surface area contributed by atoms with E-state index in [2.05, 4.69) is 21.2 Å². The molecule has 108 valence electrons. The number of fused-ring (bicyclic) bond motifs is 1. The molecule has 1 fully saturated rings. The Labute approximate surface area is 126 Å². The van der Waals surface area contributed by atoms with Gasteiger partial charge in [0.2, 0.25) is 5.91 Å². The number of halogens is 2. The van der Waals surface area contributed by atoms with Crippen LogP contribution in [-0.2, 0) is 16.0 Å². The van der Waals surface area contributed by atoms with Crippen LogP contribution in [0.15, 0.2) is 12.1 Å². The highest BCUT2D eigenvalue weighted by Gasteiger charge is 2.39. The lowest BCUT2D eigenvalue weighted by molar-refractivity contribution is -0.116. The lowest BCUT2D eigenvalue weighted by atomic mass is 9.90. The second-order valence-corrected chi connectivity index (χ2v) is 6.62. The molecule has 0 spiro atoms. The van der Waals surface area contributed by atoms with Gasteiger partial charge < -0.3 is 10.1 Å². The Hall–Kier alpha value is -0.940. The fourth-order valence-corrected chi connectivity index (χ4v) is 3.66. The summed E-state index contributed by atoms with van der Waals surface area (Å²) in [5, 5.41) is 2.72. The topological polar surface area (TPSA) is 38.3 Å². The molecule has 2 heterocycles. The van der Waals surface area contributed by atoms with Gasteiger partial charge in [0.25, 0.3) is 0 Å². The smallest absolute Gasteiger partial charge is 0.224 e. The Bertz CT molecular complexity index is 555. The van der Waals surface area contributed by atoms with E-state index in [0.29, 0.717) is 24.1 Å². The van der Waals surface area contributed by atoms with Crippen LogP contribution in [0.1, 0.15) is 42.1 Å². The van der Waals surface area contributed by atoms with Crippen molar-refractivity contribution < 1.29 is 13.9 Å². The molecule has 0 aliphatic carbocycles. The van der Waals surface area contributed by atoms with Crippen LogP contribution in [0.25, 0.3) is 0 Å². The first kappa shape index (κ1) is 14.0. The number of hydrogen-bond donors (Lipinski definition) is 1. The van der Waals surface area contributed by atoms with Crippen LogP contribution in [0.2, 0.25) is 0 Å². The molecule has 1 aromatic rings. The third-order valence-electron chi connectivity index (χ3n) is 4.18. The van der Waals surface area contributed by atoms with Crippen LogP contribution in [0, 0.1) is 5.82 Å². The summed E-state index contributed by atoms with van der Waals surface area (Å²) in [7, 11) is 0. The molecule has 2 atom stereocenters. The molecule has 2 unspecified atom stereocenters. The second kappa shape index (κ2) is 5.11. The van der Waals surface area contributed by atoms with E-state index in [0.717, 1.165) is 25.0 Å². The zero-order chi connectivity index (χ0) is 14.3. The highest BCUT2D eigenvalue weighted by Crippen LogP contribution is 2.45. The molecule has 1 aromatic carbocycles. The van der Waals surface area contributed by atoms with Crippen LogP contribution < -0.4 is 5.32 Å². The molecule has 1 amide bonds. The van der Waals surface area contributed by atoms with Gasteiger partial charge in [-0.15, -0.1) is 0 Å². The molecule has 0 bridgehead atoms. The number of nitrogens with one attached hydrogen (secondary N) is 1. The summed E-state index contributed by atoms with van der Waals surface area (Å²) in [6, 6.07) is 3.28. The summed E-state index contributed by atoms with van der Waals surface area (Å²) in [6.45, 7) is 2.74. The fraction of sp³-hybridized carbons (Fsp3) is 0.533. The van der Waals surface area contributed by atoms with Gasteiger partial charge in [-0.1, -0.05) is 15.9 Å². The van der Waals surface area contributed by atoms with E-state index in [1.807, 2.05) is 13.0 Å². The molecule has 2 aliphatic heterocycles. The number of hydrogen-bond acceptors (Lipinski definition) is 2. The minimum Gasteiger partial charge on any atom is -0.374 e. The van der Waals surface area contributed by atoms with Gasteiger partial charge in [-0.25, -0.2) is 4.39 Å². The number of benzene rings is 1. The minimum atomic E-state index is -0.368. The number of anilines is 1. The van der Waals surface area contributed by atoms with Crippen LogP contribution in [0.3, 0.4) is 0 Å². The normalized spacial score (nSPS) is 27.1. The van der Waals surface area contributed by atoms with Crippen molar-refractivity contribution in [1.29, 1.82) is 0 Å². The maximum Gasteiger partial charge on any atom is 0.224 e. The van der Waals surface area contributed by atoms with E-state index in [1.54, 1.807) is 0 Å². The third kappa shape index (κ3) is 2.37. The van der Waals surface area contributed by atoms with Crippen LogP contribution in [0.5, 0.6) is 0 Å². The van der Waals surface area contributed by atoms with Gasteiger partial charge >= 0.3 is 0 Å². The molecule has 2 aliphatic rings. The van der Waals surface area contributed by atoms with Gasteiger partial charge in [-0.05, 0) is 43.9 Å². The quantitative estimate of drug-likeness (QED) is 0.832. The number of carbonyl (C=O) groups excluding carboxylic acids is 1. The zero-order valence-corrected chi connectivity index (χ0v) is 12.9. The number of alkyl halides is 1. The lowest BCUT2D eigenvalue weighted by Crippen LogP contribution is -2.29. The van der Waals surface area contributed by atoms with E-state index in [4.69, 9.17) is 4.74 Å². The van der Waals surface area contributed by atoms with Crippen molar-refractivity contribution in [1.82, 2.24) is 0 Å². The Morgan fingerprint density at radius 3 is 2.95 bits per heavy atom. The number of amides is 1. The monoisotopic (exact) mass is 341 g/mol. The van der Waals surface area contributed by atoms with Crippen molar-refractivity contribution in [3.63, 3.8) is 0 Å². The number of ether oxygens (including phenoxy) is 1. The van der Waals surface area contributed by atoms with Gasteiger partial charge in [0.1, 0.15) is 5.82 Å². The van der Waals surface area contributed by atoms with Crippen molar-refractivity contribution >= 4 is 27.5 Å². The Kier molecular flexibility index (Phi) is 3.58. The molecule has 3 nitrogen and oxygen atoms in total. The highest BCUT2D eigenvalue weighted by molar-refractivity contribution is 9.09. The number of rotatable bonds is 2. The van der Waals surface area contributed by atoms with Gasteiger partial charge in [0.15, 0.2) is 0 Å². The first-order chi connectivity index (χ1) is 9.49. The number of carbonyl (C=O) groups is 1. The fourth-order valence-electron chi connectivity index (χ4n) is 2.94. The van der Waals surface area contributed by atoms with Gasteiger partial charge in [-0.2, -0.15) is 0 Å². The molecule has 0 aromatic heterocycles. The molecule has 1 N–H and O–H groups in total. The molecular weight excluding hydrogens is 325 g/mol. The standard InChI is InChI=1S/C15H17BrFNO2/c1-15(5-2-6-20-15)14(16)10-7-9-3-4-13(19)18-12(9)8-11(10)17/h7-8,14H,2-6H2,1H3,(H,18,19). The third-order valence-corrected chi connectivity index (χ3v) is 5.64. The highest BCUT2D eigenvalue weighted by atomic mass is 79.9. The lowest BCUT2D eigenvalue weighted by Gasteiger charge is -2.30. The summed E-state index contributed by atoms with van der Waals surface area (Å²) in [6.07, 6.45) is 3.03. The molecule has 5 heteroatoms. The Morgan fingerprint density at radius 2 is 2.25 bits per heavy atom. The second-order valence-electron chi connectivity index (χ2n) is 5.71. The number of aryl methyl sites for hydroxylation is 1. The average molecular weight is 342 g/mol. The molecule has 0 radical (unpaired) electrons. The van der Waals surface area contributed by atoms with Gasteiger partial charge in [0.05, 0.1) is 10.4 Å². The van der Waals surface area contributed by atoms with E-state index >= 15 is 0 Å². The molecule has 20 heavy (non-hydrogen) atoms. The summed E-state index contributed by atoms with van der Waals surface area (Å²) in [5.41, 5.74) is 1.84. The molecule has 3 rings (SSSR count). The van der Waals surface area contributed by atoms with Crippen LogP contribution >= 0.6 is 15.9 Å². The predicted octanol–water partition coefficient (Wildman–Crippen LogP) is 3.72. The maximum absolute atomic E-state index is 14.3. The van der Waals surface area contributed by atoms with Crippen molar-refractivity contribution in [2.24, 2.45) is 0 Å². The summed E-state index contributed by atoms with van der Waals surface area (Å²) in [4.78, 5) is 11.2. The van der Waals surface area contributed by atoms with Gasteiger partial charge in [-0.3, -0.25) is 4.79 Å². The molecule has 1 saturated heterocycles. The van der Waals surface area contributed by atoms with E-state index < -0.39 is 0 Å². The minimum absolute atomic E-state index is 0.0499. The summed E-state index contributed by atoms with van der Waals surface area (Å²) < 4.78 is 20.1. The predicted molar refractivity (Wildman–Crippen MR) is 78.6 cm³/mol. The van der Waals surface area contributed by atoms with Crippen LogP contribution in [0.4, 0.5) is 10.1 Å². The van der Waals surface area contributed by atoms with E-state index in [1.165, 1.54) is 6.07 Å². The van der Waals surface area contributed by atoms with Crippen molar-refractivity contribution in [3.05, 3.63) is 29.1 Å². The first-order valence-corrected chi connectivity index (χ1v) is 7.81. The van der Waals surface area contributed by atoms with E-state index in [9.17, 15) is 9.18 Å². The molecule has 0 saturated carbocycles. The van der Waals surface area contributed by atoms with E-state index in [-0.39, 0.29) is 22.2 Å². The molecular formula is C15H17BrFNO2. The van der Waals surface area contributed by atoms with Gasteiger partial charge in [0, 0.05) is 24.3 Å². The van der Waals surface area contributed by atoms with Crippen molar-refractivity contribution in [2.75, 3.05) is 11.9 Å². The Morgan fingerprint density at radius 1 is 1.45 bits per heavy atom. The zero-order valence-electron chi connectivity index (χ0n) is 11.3. The summed E-state index contributed by atoms with van der Waals surface area (Å²) in [5.74, 6) is -0.351. The first-order valence-electron chi connectivity index (χ1n) is 6.90. The van der Waals surface area contributed by atoms with Crippen molar-refractivity contribution in [2.45, 2.75) is 43.0 Å².